The maximum absolute atomic E-state index is 12.5. The standard InChI is InChI=1S/C23H30N8OS/c1-15(2)10-17-4-5-19(22-25-27-28-26-22)20(11-17)30-8-6-29(7-9-30)13-18-12-21(32)31-16(3)14-33-23(31)24-18/h4-5,11-12,14-15,22H,6-10,13H2,1-3H3,(H,25,28)(H,26,27). The van der Waals surface area contributed by atoms with E-state index in [4.69, 9.17) is 4.98 Å². The summed E-state index contributed by atoms with van der Waals surface area (Å²) in [7, 11) is 0. The molecule has 0 amide bonds. The first kappa shape index (κ1) is 22.0. The first-order chi connectivity index (χ1) is 16.0. The molecule has 174 valence electrons. The molecule has 0 saturated carbocycles. The summed E-state index contributed by atoms with van der Waals surface area (Å²) in [6, 6.07) is 8.38. The Morgan fingerprint density at radius 3 is 2.73 bits per heavy atom. The molecule has 1 aromatic carbocycles. The summed E-state index contributed by atoms with van der Waals surface area (Å²) in [5.41, 5.74) is 11.4. The van der Waals surface area contributed by atoms with Gasteiger partial charge in [0.1, 0.15) is 0 Å². The van der Waals surface area contributed by atoms with Crippen molar-refractivity contribution in [1.82, 2.24) is 25.2 Å². The molecule has 0 aliphatic carbocycles. The average Bonchev–Trinajstić information content (AvgIpc) is 3.44. The number of piperazine rings is 1. The van der Waals surface area contributed by atoms with E-state index < -0.39 is 0 Å². The van der Waals surface area contributed by atoms with E-state index in [0.29, 0.717) is 12.5 Å². The Morgan fingerprint density at radius 1 is 1.18 bits per heavy atom. The van der Waals surface area contributed by atoms with Crippen LogP contribution in [0.5, 0.6) is 0 Å². The number of hydrazine groups is 1. The molecule has 10 heteroatoms. The smallest absolute Gasteiger partial charge is 0.259 e. The summed E-state index contributed by atoms with van der Waals surface area (Å²) in [6.45, 7) is 10.8. The fraction of sp³-hybridized carbons (Fsp3) is 0.478. The van der Waals surface area contributed by atoms with Crippen molar-refractivity contribution in [3.05, 3.63) is 62.5 Å². The molecule has 0 spiro atoms. The summed E-state index contributed by atoms with van der Waals surface area (Å²) in [4.78, 5) is 22.8. The van der Waals surface area contributed by atoms with Gasteiger partial charge in [0.2, 0.25) is 0 Å². The molecule has 33 heavy (non-hydrogen) atoms. The third-order valence-electron chi connectivity index (χ3n) is 6.19. The molecule has 2 aliphatic rings. The minimum Gasteiger partial charge on any atom is -0.369 e. The number of anilines is 1. The number of nitrogens with zero attached hydrogens (tertiary/aromatic N) is 6. The van der Waals surface area contributed by atoms with Crippen LogP contribution in [0.15, 0.2) is 44.8 Å². The van der Waals surface area contributed by atoms with Crippen LogP contribution in [0.3, 0.4) is 0 Å². The van der Waals surface area contributed by atoms with Gasteiger partial charge in [0.05, 0.1) is 5.69 Å². The SMILES string of the molecule is Cc1csc2nc(CN3CCN(c4cc(CC(C)C)ccc4C4N=NNN4)CC3)cc(=O)n12. The number of benzene rings is 1. The van der Waals surface area contributed by atoms with Crippen LogP contribution in [-0.2, 0) is 13.0 Å². The van der Waals surface area contributed by atoms with E-state index in [0.717, 1.165) is 54.5 Å². The average molecular weight is 467 g/mol. The molecule has 9 nitrogen and oxygen atoms in total. The van der Waals surface area contributed by atoms with Crippen LogP contribution in [0.1, 0.15) is 42.5 Å². The Balaban J connectivity index is 1.31. The normalized spacial score (nSPS) is 19.0. The molecule has 0 radical (unpaired) electrons. The third-order valence-corrected chi connectivity index (χ3v) is 7.13. The van der Waals surface area contributed by atoms with Crippen LogP contribution in [0, 0.1) is 12.8 Å². The van der Waals surface area contributed by atoms with Crippen molar-refractivity contribution in [2.45, 2.75) is 39.9 Å². The summed E-state index contributed by atoms with van der Waals surface area (Å²) in [6.07, 6.45) is 0.876. The van der Waals surface area contributed by atoms with Gasteiger partial charge in [-0.1, -0.05) is 31.2 Å². The van der Waals surface area contributed by atoms with Gasteiger partial charge in [0.25, 0.3) is 5.56 Å². The molecule has 1 fully saturated rings. The molecule has 1 atom stereocenters. The van der Waals surface area contributed by atoms with Crippen LogP contribution in [0.2, 0.25) is 0 Å². The van der Waals surface area contributed by atoms with Gasteiger partial charge in [-0.3, -0.25) is 14.1 Å². The molecule has 4 heterocycles. The molecule has 2 aromatic heterocycles. The van der Waals surface area contributed by atoms with E-state index in [1.54, 1.807) is 10.5 Å². The van der Waals surface area contributed by atoms with Crippen molar-refractivity contribution in [1.29, 1.82) is 0 Å². The molecular weight excluding hydrogens is 436 g/mol. The largest absolute Gasteiger partial charge is 0.369 e. The highest BCUT2D eigenvalue weighted by Crippen LogP contribution is 2.31. The number of hydrogen-bond donors (Lipinski definition) is 2. The van der Waals surface area contributed by atoms with Gasteiger partial charge in [0, 0.05) is 61.1 Å². The number of rotatable bonds is 6. The Hall–Kier alpha value is -2.82. The van der Waals surface area contributed by atoms with Crippen molar-refractivity contribution in [3.8, 4) is 0 Å². The molecular formula is C23H30N8OS. The van der Waals surface area contributed by atoms with Crippen LogP contribution < -0.4 is 21.4 Å². The molecule has 1 saturated heterocycles. The summed E-state index contributed by atoms with van der Waals surface area (Å²) < 4.78 is 1.68. The number of hydrogen-bond acceptors (Lipinski definition) is 9. The Labute approximate surface area is 197 Å². The highest BCUT2D eigenvalue weighted by atomic mass is 32.1. The summed E-state index contributed by atoms with van der Waals surface area (Å²) in [5, 5.41) is 10.2. The number of aromatic nitrogens is 2. The van der Waals surface area contributed by atoms with Crippen molar-refractivity contribution >= 4 is 22.0 Å². The minimum absolute atomic E-state index is 0.00540. The fourth-order valence-electron chi connectivity index (χ4n) is 4.60. The maximum Gasteiger partial charge on any atom is 0.259 e. The zero-order chi connectivity index (χ0) is 22.9. The Bertz CT molecular complexity index is 1220. The topological polar surface area (TPSA) is 89.6 Å². The van der Waals surface area contributed by atoms with E-state index >= 15 is 0 Å². The van der Waals surface area contributed by atoms with Crippen LogP contribution in [0.25, 0.3) is 4.96 Å². The third kappa shape index (κ3) is 4.64. The molecule has 0 bridgehead atoms. The van der Waals surface area contributed by atoms with Crippen LogP contribution in [-0.4, -0.2) is 40.5 Å². The van der Waals surface area contributed by atoms with Crippen molar-refractivity contribution < 1.29 is 0 Å². The lowest BCUT2D eigenvalue weighted by Crippen LogP contribution is -2.46. The zero-order valence-corrected chi connectivity index (χ0v) is 20.1. The molecule has 5 rings (SSSR count). The number of fused-ring (bicyclic) bond motifs is 1. The van der Waals surface area contributed by atoms with Gasteiger partial charge in [-0.05, 0) is 30.9 Å². The van der Waals surface area contributed by atoms with E-state index in [1.807, 2.05) is 12.3 Å². The molecule has 2 aliphatic heterocycles. The summed E-state index contributed by atoms with van der Waals surface area (Å²) in [5.74, 6) is 0.604. The quantitative estimate of drug-likeness (QED) is 0.580. The van der Waals surface area contributed by atoms with Gasteiger partial charge in [0.15, 0.2) is 11.1 Å². The van der Waals surface area contributed by atoms with Crippen LogP contribution in [0.4, 0.5) is 5.69 Å². The highest BCUT2D eigenvalue weighted by molar-refractivity contribution is 7.15. The number of nitrogens with one attached hydrogen (secondary N) is 2. The number of thiazole rings is 1. The first-order valence-corrected chi connectivity index (χ1v) is 12.3. The number of aryl methyl sites for hydroxylation is 1. The van der Waals surface area contributed by atoms with Gasteiger partial charge < -0.3 is 4.90 Å². The van der Waals surface area contributed by atoms with Crippen molar-refractivity contribution in [2.75, 3.05) is 31.1 Å². The van der Waals surface area contributed by atoms with E-state index in [-0.39, 0.29) is 11.7 Å². The minimum atomic E-state index is -0.177. The van der Waals surface area contributed by atoms with Crippen molar-refractivity contribution in [2.24, 2.45) is 16.3 Å². The van der Waals surface area contributed by atoms with Crippen LogP contribution >= 0.6 is 11.3 Å². The monoisotopic (exact) mass is 466 g/mol. The lowest BCUT2D eigenvalue weighted by molar-refractivity contribution is 0.247. The van der Waals surface area contributed by atoms with Gasteiger partial charge in [-0.2, -0.15) is 5.43 Å². The highest BCUT2D eigenvalue weighted by Gasteiger charge is 2.25. The fourth-order valence-corrected chi connectivity index (χ4v) is 5.49. The second-order valence-corrected chi connectivity index (χ2v) is 10.0. The van der Waals surface area contributed by atoms with Crippen molar-refractivity contribution in [3.63, 3.8) is 0 Å². The van der Waals surface area contributed by atoms with E-state index in [1.165, 1.54) is 22.6 Å². The molecule has 3 aromatic rings. The first-order valence-electron chi connectivity index (χ1n) is 11.5. The predicted molar refractivity (Wildman–Crippen MR) is 130 cm³/mol. The maximum atomic E-state index is 12.5. The van der Waals surface area contributed by atoms with E-state index in [2.05, 4.69) is 63.1 Å². The summed E-state index contributed by atoms with van der Waals surface area (Å²) >= 11 is 1.52. The Morgan fingerprint density at radius 2 is 2.00 bits per heavy atom. The second kappa shape index (κ2) is 9.20. The zero-order valence-electron chi connectivity index (χ0n) is 19.3. The lowest BCUT2D eigenvalue weighted by atomic mass is 9.98. The van der Waals surface area contributed by atoms with Gasteiger partial charge >= 0.3 is 0 Å². The second-order valence-electron chi connectivity index (χ2n) is 9.21. The molecule has 1 unspecified atom stereocenters. The Kier molecular flexibility index (Phi) is 6.13. The van der Waals surface area contributed by atoms with Gasteiger partial charge in [-0.25, -0.2) is 10.5 Å². The van der Waals surface area contributed by atoms with E-state index in [9.17, 15) is 4.79 Å². The molecule has 2 N–H and O–H groups in total. The predicted octanol–water partition coefficient (Wildman–Crippen LogP) is 3.06. The van der Waals surface area contributed by atoms with Gasteiger partial charge in [-0.15, -0.1) is 16.5 Å². The lowest BCUT2D eigenvalue weighted by Gasteiger charge is -2.37.